The molecule has 0 bridgehead atoms. The summed E-state index contributed by atoms with van der Waals surface area (Å²) >= 11 is 5.45. The first-order valence-electron chi connectivity index (χ1n) is 5.54. The zero-order valence-electron chi connectivity index (χ0n) is 10.6. The fraction of sp³-hybridized carbons (Fsp3) is 0.0667. The molecule has 0 radical (unpaired) electrons. The zero-order chi connectivity index (χ0) is 11.4. The van der Waals surface area contributed by atoms with E-state index >= 15 is 0 Å². The van der Waals surface area contributed by atoms with Gasteiger partial charge >= 0.3 is 26.2 Å². The number of rotatable bonds is 0. The molecule has 1 heterocycles. The Morgan fingerprint density at radius 3 is 2.62 bits per heavy atom. The second kappa shape index (κ2) is 8.48. The Bertz CT molecular complexity index is 758. The Morgan fingerprint density at radius 1 is 1.10 bits per heavy atom. The van der Waals surface area contributed by atoms with Crippen molar-refractivity contribution in [2.45, 2.75) is 6.42 Å². The third-order valence-corrected chi connectivity index (χ3v) is 4.92. The number of thiophene rings is 1. The maximum atomic E-state index is 3.54. The minimum Gasteiger partial charge on any atom is -1.00 e. The van der Waals surface area contributed by atoms with Gasteiger partial charge in [-0.1, -0.05) is 37.8 Å². The van der Waals surface area contributed by atoms with E-state index in [1.54, 1.807) is 0 Å². The zero-order valence-corrected chi connectivity index (χ0v) is 17.7. The van der Waals surface area contributed by atoms with E-state index in [9.17, 15) is 0 Å². The number of hydrogen-bond donors (Lipinski definition) is 0. The van der Waals surface area contributed by atoms with Crippen LogP contribution in [0.5, 0.6) is 0 Å². The van der Waals surface area contributed by atoms with E-state index in [4.69, 9.17) is 0 Å². The van der Waals surface area contributed by atoms with Gasteiger partial charge in [-0.25, -0.2) is 11.3 Å². The minimum absolute atomic E-state index is 0. The summed E-state index contributed by atoms with van der Waals surface area (Å²) < 4.78 is 2.52. The Morgan fingerprint density at radius 2 is 1.86 bits per heavy atom. The molecule has 0 N–H and O–H groups in total. The molecule has 106 valence electrons. The fourth-order valence-electron chi connectivity index (χ4n) is 2.56. The third-order valence-electron chi connectivity index (χ3n) is 3.27. The van der Waals surface area contributed by atoms with Crippen LogP contribution in [0, 0.1) is 6.07 Å². The van der Waals surface area contributed by atoms with Gasteiger partial charge in [-0.15, -0.1) is 29.7 Å². The molecule has 1 aliphatic rings. The van der Waals surface area contributed by atoms with Gasteiger partial charge in [-0.2, -0.15) is 0 Å². The van der Waals surface area contributed by atoms with Gasteiger partial charge in [0.1, 0.15) is 0 Å². The fourth-order valence-corrected chi connectivity index (χ4v) is 4.19. The maximum Gasteiger partial charge on any atom is 4.00 e. The van der Waals surface area contributed by atoms with Gasteiger partial charge in [-0.3, -0.25) is 0 Å². The molecule has 6 heteroatoms. The van der Waals surface area contributed by atoms with Crippen LogP contribution in [0.4, 0.5) is 0 Å². The van der Waals surface area contributed by atoms with Crippen molar-refractivity contribution in [3.05, 3.63) is 57.4 Å². The Kier molecular flexibility index (Phi) is 8.73. The van der Waals surface area contributed by atoms with E-state index in [0.717, 1.165) is 6.42 Å². The van der Waals surface area contributed by atoms with E-state index in [2.05, 4.69) is 52.3 Å². The summed E-state index contributed by atoms with van der Waals surface area (Å²) in [5.74, 6) is 0. The molecule has 1 aromatic heterocycles. The molecule has 21 heavy (non-hydrogen) atoms. The Labute approximate surface area is 174 Å². The smallest absolute Gasteiger partial charge is 1.00 e. The second-order valence-electron chi connectivity index (χ2n) is 4.29. The first-order chi connectivity index (χ1) is 8.33. The molecular weight excluding hydrogens is 490 g/mol. The molecule has 1 aliphatic carbocycles. The van der Waals surface area contributed by atoms with Crippen molar-refractivity contribution in [3.8, 4) is 11.1 Å². The molecular formula is C15H8BrCl3SZr. The monoisotopic (exact) mass is 494 g/mol. The van der Waals surface area contributed by atoms with Crippen LogP contribution >= 0.6 is 27.3 Å². The van der Waals surface area contributed by atoms with Crippen molar-refractivity contribution < 1.29 is 63.4 Å². The summed E-state index contributed by atoms with van der Waals surface area (Å²) in [4.78, 5) is 1.48. The predicted molar refractivity (Wildman–Crippen MR) is 76.6 cm³/mol. The summed E-state index contributed by atoms with van der Waals surface area (Å²) in [5, 5.41) is 1.29. The van der Waals surface area contributed by atoms with Crippen LogP contribution in [0.15, 0.2) is 40.9 Å². The van der Waals surface area contributed by atoms with E-state index < -0.39 is 0 Å². The molecule has 0 unspecified atom stereocenters. The van der Waals surface area contributed by atoms with Crippen LogP contribution in [0.3, 0.4) is 0 Å². The molecule has 0 atom stereocenters. The largest absolute Gasteiger partial charge is 4.00 e. The maximum absolute atomic E-state index is 3.54. The Hall–Kier alpha value is 0.633. The van der Waals surface area contributed by atoms with Gasteiger partial charge < -0.3 is 37.2 Å². The number of fused-ring (bicyclic) bond motifs is 5. The minimum atomic E-state index is 0. The van der Waals surface area contributed by atoms with Gasteiger partial charge in [0, 0.05) is 4.47 Å². The van der Waals surface area contributed by atoms with E-state index in [-0.39, 0.29) is 63.4 Å². The van der Waals surface area contributed by atoms with E-state index in [1.807, 2.05) is 17.4 Å². The van der Waals surface area contributed by atoms with Crippen LogP contribution in [0.1, 0.15) is 10.4 Å². The van der Waals surface area contributed by atoms with Crippen LogP contribution in [-0.2, 0) is 32.6 Å². The van der Waals surface area contributed by atoms with Gasteiger partial charge in [-0.05, 0) is 29.0 Å². The third kappa shape index (κ3) is 3.60. The van der Waals surface area contributed by atoms with Crippen LogP contribution in [0.25, 0.3) is 21.2 Å². The van der Waals surface area contributed by atoms with Gasteiger partial charge in [0.2, 0.25) is 0 Å². The quantitative estimate of drug-likeness (QED) is 0.218. The molecule has 0 aliphatic heterocycles. The molecule has 0 fully saturated rings. The average molecular weight is 498 g/mol. The molecule has 0 amide bonds. The summed E-state index contributed by atoms with van der Waals surface area (Å²) in [6, 6.07) is 16.2. The van der Waals surface area contributed by atoms with Gasteiger partial charge in [0.05, 0.1) is 0 Å². The SMILES string of the molecule is Brc1ccc2c(c1)Cc1sc3ccc[c-]c3c1-2.[Cl-].[Cl-].[Cl-].[Zr+4]. The number of halogens is 4. The van der Waals surface area contributed by atoms with Crippen LogP contribution in [0.2, 0.25) is 0 Å². The molecule has 0 nitrogen and oxygen atoms in total. The van der Waals surface area contributed by atoms with E-state index in [1.165, 1.54) is 36.1 Å². The van der Waals surface area contributed by atoms with Crippen LogP contribution < -0.4 is 37.2 Å². The summed E-state index contributed by atoms with van der Waals surface area (Å²) in [6.07, 6.45) is 1.07. The topological polar surface area (TPSA) is 0 Å². The first kappa shape index (κ1) is 21.6. The van der Waals surface area contributed by atoms with Crippen molar-refractivity contribution in [1.29, 1.82) is 0 Å². The van der Waals surface area contributed by atoms with Gasteiger partial charge in [0.15, 0.2) is 0 Å². The van der Waals surface area contributed by atoms with Crippen molar-refractivity contribution in [3.63, 3.8) is 0 Å². The molecule has 0 saturated heterocycles. The molecule has 0 spiro atoms. The van der Waals surface area contributed by atoms with Crippen LogP contribution in [-0.4, -0.2) is 0 Å². The average Bonchev–Trinajstić information content (AvgIpc) is 2.83. The standard InChI is InChI=1S/C15H8BrS.3ClH.Zr/c16-10-5-6-11-9(7-10)8-14-15(11)12-3-1-2-4-13(12)17-14;;;;/h1-2,4-7H,8H2;3*1H;/q-1;;;;+4/p-3. The number of hydrogen-bond acceptors (Lipinski definition) is 1. The number of benzene rings is 2. The molecule has 3 aromatic rings. The van der Waals surface area contributed by atoms with Crippen molar-refractivity contribution in [2.75, 3.05) is 0 Å². The second-order valence-corrected chi connectivity index (χ2v) is 6.34. The van der Waals surface area contributed by atoms with Crippen molar-refractivity contribution in [2.24, 2.45) is 0 Å². The summed E-state index contributed by atoms with van der Waals surface area (Å²) in [5.41, 5.74) is 4.23. The molecule has 0 saturated carbocycles. The van der Waals surface area contributed by atoms with Gasteiger partial charge in [0.25, 0.3) is 0 Å². The predicted octanol–water partition coefficient (Wildman–Crippen LogP) is -3.96. The molecule has 2 aromatic carbocycles. The van der Waals surface area contributed by atoms with E-state index in [0.29, 0.717) is 0 Å². The first-order valence-corrected chi connectivity index (χ1v) is 7.15. The van der Waals surface area contributed by atoms with Crippen molar-refractivity contribution in [1.82, 2.24) is 0 Å². The summed E-state index contributed by atoms with van der Waals surface area (Å²) in [7, 11) is 0. The molecule has 4 rings (SSSR count). The van der Waals surface area contributed by atoms with Crippen molar-refractivity contribution >= 4 is 37.4 Å². The Balaban J connectivity index is 0.000001000. The normalized spacial score (nSPS) is 10.3. The summed E-state index contributed by atoms with van der Waals surface area (Å²) in [6.45, 7) is 0.